The summed E-state index contributed by atoms with van der Waals surface area (Å²) in [6.07, 6.45) is 1.44. The highest BCUT2D eigenvalue weighted by molar-refractivity contribution is 7.91. The Kier molecular flexibility index (Phi) is 3.48. The summed E-state index contributed by atoms with van der Waals surface area (Å²) in [7, 11) is -1.07. The molecular formula is C10H17N3O3S. The summed E-state index contributed by atoms with van der Waals surface area (Å²) in [4.78, 5) is 4.30. The van der Waals surface area contributed by atoms with Crippen molar-refractivity contribution < 1.29 is 12.9 Å². The highest BCUT2D eigenvalue weighted by Crippen LogP contribution is 2.27. The summed E-state index contributed by atoms with van der Waals surface area (Å²) >= 11 is 0. The van der Waals surface area contributed by atoms with E-state index in [4.69, 9.17) is 4.52 Å². The van der Waals surface area contributed by atoms with Crippen molar-refractivity contribution in [2.75, 3.05) is 18.6 Å². The number of hydrogen-bond donors (Lipinski definition) is 1. The zero-order chi connectivity index (χ0) is 12.5. The van der Waals surface area contributed by atoms with Crippen LogP contribution in [0.25, 0.3) is 0 Å². The van der Waals surface area contributed by atoms with E-state index in [2.05, 4.69) is 15.5 Å². The molecule has 2 heterocycles. The molecule has 0 bridgehead atoms. The van der Waals surface area contributed by atoms with Crippen molar-refractivity contribution in [1.82, 2.24) is 15.5 Å². The number of hydrogen-bond acceptors (Lipinski definition) is 6. The molecule has 1 N–H and O–H groups in total. The molecule has 1 aliphatic heterocycles. The van der Waals surface area contributed by atoms with Crippen LogP contribution < -0.4 is 5.32 Å². The summed E-state index contributed by atoms with van der Waals surface area (Å²) in [5, 5.41) is 6.96. The SMILES string of the molecule is CCC(NC)c1nc(C2CCS(=O)(=O)C2)no1. The van der Waals surface area contributed by atoms with E-state index in [1.54, 1.807) is 0 Å². The number of nitrogens with zero attached hydrogens (tertiary/aromatic N) is 2. The summed E-state index contributed by atoms with van der Waals surface area (Å²) in [6.45, 7) is 2.02. The average Bonchev–Trinajstić information content (AvgIpc) is 2.87. The van der Waals surface area contributed by atoms with Crippen molar-refractivity contribution in [3.63, 3.8) is 0 Å². The average molecular weight is 259 g/mol. The zero-order valence-corrected chi connectivity index (χ0v) is 10.8. The molecule has 2 unspecified atom stereocenters. The molecule has 2 rings (SSSR count). The first-order valence-corrected chi connectivity index (χ1v) is 7.59. The third-order valence-corrected chi connectivity index (χ3v) is 4.88. The smallest absolute Gasteiger partial charge is 0.243 e. The molecule has 1 aromatic rings. The molecule has 1 aliphatic rings. The first kappa shape index (κ1) is 12.5. The van der Waals surface area contributed by atoms with Gasteiger partial charge in [-0.15, -0.1) is 0 Å². The zero-order valence-electron chi connectivity index (χ0n) is 10.0. The van der Waals surface area contributed by atoms with Crippen molar-refractivity contribution in [2.45, 2.75) is 31.7 Å². The van der Waals surface area contributed by atoms with Crippen LogP contribution in [0, 0.1) is 0 Å². The lowest BCUT2D eigenvalue weighted by molar-refractivity contribution is 0.330. The van der Waals surface area contributed by atoms with E-state index in [1.807, 2.05) is 14.0 Å². The second kappa shape index (κ2) is 4.73. The molecule has 0 radical (unpaired) electrons. The molecule has 0 amide bonds. The quantitative estimate of drug-likeness (QED) is 0.854. The molecule has 1 saturated heterocycles. The molecule has 96 valence electrons. The molecule has 1 fully saturated rings. The fourth-order valence-electron chi connectivity index (χ4n) is 2.06. The summed E-state index contributed by atoms with van der Waals surface area (Å²) in [6, 6.07) is 0.0364. The molecule has 0 aromatic carbocycles. The Morgan fingerprint density at radius 2 is 2.35 bits per heavy atom. The van der Waals surface area contributed by atoms with Crippen LogP contribution in [0.2, 0.25) is 0 Å². The van der Waals surface area contributed by atoms with Crippen LogP contribution in [0.4, 0.5) is 0 Å². The molecule has 6 nitrogen and oxygen atoms in total. The van der Waals surface area contributed by atoms with Crippen LogP contribution in [0.5, 0.6) is 0 Å². The molecule has 2 atom stereocenters. The molecule has 0 aliphatic carbocycles. The number of rotatable bonds is 4. The van der Waals surface area contributed by atoms with E-state index < -0.39 is 9.84 Å². The maximum atomic E-state index is 11.4. The van der Waals surface area contributed by atoms with Crippen molar-refractivity contribution in [3.05, 3.63) is 11.7 Å². The summed E-state index contributed by atoms with van der Waals surface area (Å²) in [5.74, 6) is 1.32. The highest BCUT2D eigenvalue weighted by atomic mass is 32.2. The first-order chi connectivity index (χ1) is 8.05. The minimum atomic E-state index is -2.90. The van der Waals surface area contributed by atoms with Gasteiger partial charge in [-0.25, -0.2) is 8.42 Å². The lowest BCUT2D eigenvalue weighted by atomic mass is 10.1. The van der Waals surface area contributed by atoms with Crippen LogP contribution in [-0.2, 0) is 9.84 Å². The van der Waals surface area contributed by atoms with E-state index in [0.717, 1.165) is 6.42 Å². The topological polar surface area (TPSA) is 85.1 Å². The Hall–Kier alpha value is -0.950. The molecular weight excluding hydrogens is 242 g/mol. The van der Waals surface area contributed by atoms with Gasteiger partial charge in [-0.1, -0.05) is 12.1 Å². The van der Waals surface area contributed by atoms with Crippen molar-refractivity contribution in [3.8, 4) is 0 Å². The number of aromatic nitrogens is 2. The molecule has 17 heavy (non-hydrogen) atoms. The molecule has 1 aromatic heterocycles. The van der Waals surface area contributed by atoms with Crippen molar-refractivity contribution in [2.24, 2.45) is 0 Å². The van der Waals surface area contributed by atoms with Crippen LogP contribution in [-0.4, -0.2) is 37.1 Å². The molecule has 0 spiro atoms. The van der Waals surface area contributed by atoms with E-state index in [1.165, 1.54) is 0 Å². The van der Waals surface area contributed by atoms with Gasteiger partial charge in [-0.05, 0) is 19.9 Å². The van der Waals surface area contributed by atoms with Gasteiger partial charge in [0.2, 0.25) is 5.89 Å². The molecule has 7 heteroatoms. The van der Waals surface area contributed by atoms with Gasteiger partial charge in [0, 0.05) is 5.92 Å². The van der Waals surface area contributed by atoms with E-state index >= 15 is 0 Å². The van der Waals surface area contributed by atoms with Crippen LogP contribution in [0.3, 0.4) is 0 Å². The van der Waals surface area contributed by atoms with Gasteiger partial charge in [0.05, 0.1) is 17.5 Å². The Morgan fingerprint density at radius 3 is 2.88 bits per heavy atom. The summed E-state index contributed by atoms with van der Waals surface area (Å²) < 4.78 is 27.9. The monoisotopic (exact) mass is 259 g/mol. The number of nitrogens with one attached hydrogen (secondary N) is 1. The predicted molar refractivity (Wildman–Crippen MR) is 62.4 cm³/mol. The summed E-state index contributed by atoms with van der Waals surface area (Å²) in [5.41, 5.74) is 0. The maximum Gasteiger partial charge on any atom is 0.243 e. The van der Waals surface area contributed by atoms with Gasteiger partial charge in [-0.2, -0.15) is 4.98 Å². The predicted octanol–water partition coefficient (Wildman–Crippen LogP) is 0.642. The third kappa shape index (κ3) is 2.66. The second-order valence-electron chi connectivity index (χ2n) is 4.34. The van der Waals surface area contributed by atoms with Gasteiger partial charge in [0.25, 0.3) is 0 Å². The minimum absolute atomic E-state index is 0.0364. The van der Waals surface area contributed by atoms with Crippen LogP contribution in [0.1, 0.15) is 43.4 Å². The Morgan fingerprint density at radius 1 is 1.59 bits per heavy atom. The Balaban J connectivity index is 2.14. The Labute approximate surface area is 101 Å². The van der Waals surface area contributed by atoms with Crippen LogP contribution >= 0.6 is 0 Å². The Bertz CT molecular complexity index is 479. The third-order valence-electron chi connectivity index (χ3n) is 3.11. The van der Waals surface area contributed by atoms with Gasteiger partial charge in [-0.3, -0.25) is 0 Å². The van der Waals surface area contributed by atoms with Gasteiger partial charge in [0.15, 0.2) is 15.7 Å². The number of sulfone groups is 1. The highest BCUT2D eigenvalue weighted by Gasteiger charge is 2.32. The fraction of sp³-hybridized carbons (Fsp3) is 0.800. The first-order valence-electron chi connectivity index (χ1n) is 5.77. The lowest BCUT2D eigenvalue weighted by Gasteiger charge is -2.06. The van der Waals surface area contributed by atoms with Crippen LogP contribution in [0.15, 0.2) is 4.52 Å². The van der Waals surface area contributed by atoms with E-state index in [9.17, 15) is 8.42 Å². The fourth-order valence-corrected chi connectivity index (χ4v) is 3.79. The maximum absolute atomic E-state index is 11.4. The van der Waals surface area contributed by atoms with Crippen molar-refractivity contribution >= 4 is 9.84 Å². The van der Waals surface area contributed by atoms with Gasteiger partial charge in [0.1, 0.15) is 0 Å². The van der Waals surface area contributed by atoms with Crippen molar-refractivity contribution in [1.29, 1.82) is 0 Å². The van der Waals surface area contributed by atoms with Gasteiger partial charge < -0.3 is 9.84 Å². The standard InChI is InChI=1S/C10H17N3O3S/c1-3-8(11-2)10-12-9(13-16-10)7-4-5-17(14,15)6-7/h7-8,11H,3-6H2,1-2H3. The largest absolute Gasteiger partial charge is 0.338 e. The second-order valence-corrected chi connectivity index (χ2v) is 6.57. The van der Waals surface area contributed by atoms with E-state index in [-0.39, 0.29) is 23.5 Å². The normalized spacial score (nSPS) is 24.9. The lowest BCUT2D eigenvalue weighted by Crippen LogP contribution is -2.15. The minimum Gasteiger partial charge on any atom is -0.338 e. The van der Waals surface area contributed by atoms with Gasteiger partial charge >= 0.3 is 0 Å². The molecule has 0 saturated carbocycles. The van der Waals surface area contributed by atoms with E-state index in [0.29, 0.717) is 18.1 Å².